The topological polar surface area (TPSA) is 55.6 Å². The summed E-state index contributed by atoms with van der Waals surface area (Å²) < 4.78 is 23.7. The molecule has 1 aromatic heterocycles. The van der Waals surface area contributed by atoms with E-state index in [1.165, 1.54) is 12.1 Å². The van der Waals surface area contributed by atoms with Gasteiger partial charge in [-0.3, -0.25) is 4.79 Å². The number of carbonyl (C=O) groups is 1. The van der Waals surface area contributed by atoms with E-state index in [4.69, 9.17) is 9.26 Å². The summed E-state index contributed by atoms with van der Waals surface area (Å²) in [5.74, 6) is 0.330. The quantitative estimate of drug-likeness (QED) is 0.816. The number of likely N-dealkylation sites (tertiary alicyclic amines) is 1. The van der Waals surface area contributed by atoms with Crippen molar-refractivity contribution in [1.82, 2.24) is 10.1 Å². The van der Waals surface area contributed by atoms with Crippen LogP contribution in [0.15, 0.2) is 34.9 Å². The normalized spacial score (nSPS) is 14.9. The molecule has 0 N–H and O–H groups in total. The van der Waals surface area contributed by atoms with Crippen LogP contribution in [0, 0.1) is 11.7 Å². The van der Waals surface area contributed by atoms with E-state index in [1.54, 1.807) is 23.1 Å². The van der Waals surface area contributed by atoms with Crippen LogP contribution in [0.4, 0.5) is 4.39 Å². The minimum absolute atomic E-state index is 0.00272. The smallest absolute Gasteiger partial charge is 0.292 e. The van der Waals surface area contributed by atoms with Crippen molar-refractivity contribution in [2.45, 2.75) is 33.0 Å². The highest BCUT2D eigenvalue weighted by Gasteiger charge is 2.33. The number of aromatic nitrogens is 1. The summed E-state index contributed by atoms with van der Waals surface area (Å²) in [7, 11) is 0. The van der Waals surface area contributed by atoms with Gasteiger partial charge in [-0.05, 0) is 30.0 Å². The predicted octanol–water partition coefficient (Wildman–Crippen LogP) is 3.05. The zero-order valence-electron chi connectivity index (χ0n) is 13.9. The van der Waals surface area contributed by atoms with Gasteiger partial charge in [0.15, 0.2) is 0 Å². The fourth-order valence-corrected chi connectivity index (χ4v) is 2.59. The summed E-state index contributed by atoms with van der Waals surface area (Å²) in [6.45, 7) is 5.65. The maximum absolute atomic E-state index is 12.8. The number of halogens is 1. The average Bonchev–Trinajstić information content (AvgIpc) is 2.95. The summed E-state index contributed by atoms with van der Waals surface area (Å²) in [6, 6.07) is 7.93. The van der Waals surface area contributed by atoms with Crippen molar-refractivity contribution >= 4 is 5.91 Å². The van der Waals surface area contributed by atoms with Crippen LogP contribution in [-0.4, -0.2) is 35.2 Å². The first-order chi connectivity index (χ1) is 11.5. The number of rotatable bonds is 6. The molecule has 0 unspecified atom stereocenters. The van der Waals surface area contributed by atoms with Gasteiger partial charge in [0.1, 0.15) is 5.82 Å². The first kappa shape index (κ1) is 16.6. The second kappa shape index (κ2) is 7.13. The Labute approximate surface area is 140 Å². The van der Waals surface area contributed by atoms with Crippen LogP contribution in [0.3, 0.4) is 0 Å². The second-order valence-corrected chi connectivity index (χ2v) is 6.55. The molecule has 0 aliphatic carbocycles. The van der Waals surface area contributed by atoms with Crippen molar-refractivity contribution in [3.63, 3.8) is 0 Å². The van der Waals surface area contributed by atoms with Gasteiger partial charge in [-0.1, -0.05) is 31.1 Å². The number of hydrogen-bond acceptors (Lipinski definition) is 4. The Balaban J connectivity index is 1.44. The van der Waals surface area contributed by atoms with Gasteiger partial charge in [0.2, 0.25) is 5.76 Å². The minimum Gasteiger partial charge on any atom is -0.370 e. The molecule has 0 saturated carbocycles. The zero-order valence-corrected chi connectivity index (χ0v) is 13.9. The molecule has 0 bridgehead atoms. The second-order valence-electron chi connectivity index (χ2n) is 6.55. The predicted molar refractivity (Wildman–Crippen MR) is 85.9 cm³/mol. The van der Waals surface area contributed by atoms with Crippen molar-refractivity contribution < 1.29 is 18.4 Å². The van der Waals surface area contributed by atoms with Gasteiger partial charge >= 0.3 is 0 Å². The molecular formula is C18H21FN2O3. The summed E-state index contributed by atoms with van der Waals surface area (Å²) in [6.07, 6.45) is 0.789. The van der Waals surface area contributed by atoms with Crippen LogP contribution in [0.5, 0.6) is 0 Å². The standard InChI is InChI=1S/C18H21FN2O3/c1-12(2)7-15-8-17(24-20-15)18(22)21-9-16(10-21)23-11-13-3-5-14(19)6-4-13/h3-6,8,12,16H,7,9-11H2,1-2H3. The van der Waals surface area contributed by atoms with E-state index >= 15 is 0 Å². The third-order valence-electron chi connectivity index (χ3n) is 3.92. The Morgan fingerprint density at radius 1 is 1.38 bits per heavy atom. The van der Waals surface area contributed by atoms with E-state index in [0.717, 1.165) is 17.7 Å². The number of carbonyl (C=O) groups excluding carboxylic acids is 1. The Morgan fingerprint density at radius 2 is 2.08 bits per heavy atom. The maximum Gasteiger partial charge on any atom is 0.292 e. The number of benzene rings is 1. The molecule has 0 atom stereocenters. The third kappa shape index (κ3) is 4.00. The fraction of sp³-hybridized carbons (Fsp3) is 0.444. The first-order valence-corrected chi connectivity index (χ1v) is 8.12. The number of hydrogen-bond donors (Lipinski definition) is 0. The van der Waals surface area contributed by atoms with Crippen LogP contribution in [0.25, 0.3) is 0 Å². The molecule has 6 heteroatoms. The fourth-order valence-electron chi connectivity index (χ4n) is 2.59. The Bertz CT molecular complexity index is 691. The molecule has 0 spiro atoms. The van der Waals surface area contributed by atoms with E-state index in [-0.39, 0.29) is 23.6 Å². The number of ether oxygens (including phenoxy) is 1. The van der Waals surface area contributed by atoms with Gasteiger partial charge in [-0.15, -0.1) is 0 Å². The molecule has 2 aromatic rings. The lowest BCUT2D eigenvalue weighted by atomic mass is 10.1. The van der Waals surface area contributed by atoms with Crippen LogP contribution in [0.2, 0.25) is 0 Å². The molecule has 1 amide bonds. The molecule has 5 nitrogen and oxygen atoms in total. The summed E-state index contributed by atoms with van der Waals surface area (Å²) in [5.41, 5.74) is 1.72. The molecule has 0 radical (unpaired) electrons. The minimum atomic E-state index is -0.261. The Kier molecular flexibility index (Phi) is 4.94. The lowest BCUT2D eigenvalue weighted by molar-refractivity contribution is -0.0514. The Morgan fingerprint density at radius 3 is 2.75 bits per heavy atom. The van der Waals surface area contributed by atoms with Crippen LogP contribution < -0.4 is 0 Å². The van der Waals surface area contributed by atoms with Crippen LogP contribution in [0.1, 0.15) is 35.7 Å². The lowest BCUT2D eigenvalue weighted by Gasteiger charge is -2.38. The molecule has 1 aliphatic heterocycles. The van der Waals surface area contributed by atoms with E-state index < -0.39 is 0 Å². The van der Waals surface area contributed by atoms with E-state index in [9.17, 15) is 9.18 Å². The van der Waals surface area contributed by atoms with Gasteiger partial charge < -0.3 is 14.2 Å². The highest BCUT2D eigenvalue weighted by molar-refractivity contribution is 5.92. The van der Waals surface area contributed by atoms with E-state index in [1.807, 2.05) is 0 Å². The van der Waals surface area contributed by atoms with Gasteiger partial charge in [0.25, 0.3) is 5.91 Å². The van der Waals surface area contributed by atoms with Crippen LogP contribution in [-0.2, 0) is 17.8 Å². The molecular weight excluding hydrogens is 311 g/mol. The van der Waals surface area contributed by atoms with Gasteiger partial charge in [0, 0.05) is 19.2 Å². The molecule has 3 rings (SSSR count). The molecule has 1 saturated heterocycles. The van der Waals surface area contributed by atoms with E-state index in [2.05, 4.69) is 19.0 Å². The SMILES string of the molecule is CC(C)Cc1cc(C(=O)N2CC(OCc3ccc(F)cc3)C2)on1. The monoisotopic (exact) mass is 332 g/mol. The van der Waals surface area contributed by atoms with Crippen molar-refractivity contribution in [3.05, 3.63) is 53.2 Å². The van der Waals surface area contributed by atoms with E-state index in [0.29, 0.717) is 25.6 Å². The summed E-state index contributed by atoms with van der Waals surface area (Å²) >= 11 is 0. The zero-order chi connectivity index (χ0) is 17.1. The molecule has 1 aromatic carbocycles. The first-order valence-electron chi connectivity index (χ1n) is 8.12. The van der Waals surface area contributed by atoms with Gasteiger partial charge in [-0.25, -0.2) is 4.39 Å². The number of nitrogens with zero attached hydrogens (tertiary/aromatic N) is 2. The van der Waals surface area contributed by atoms with Crippen molar-refractivity contribution in [2.75, 3.05) is 13.1 Å². The summed E-state index contributed by atoms with van der Waals surface area (Å²) in [4.78, 5) is 14.0. The van der Waals surface area contributed by atoms with Gasteiger partial charge in [0.05, 0.1) is 18.4 Å². The highest BCUT2D eigenvalue weighted by Crippen LogP contribution is 2.19. The molecule has 1 aliphatic rings. The van der Waals surface area contributed by atoms with Crippen molar-refractivity contribution in [2.24, 2.45) is 5.92 Å². The highest BCUT2D eigenvalue weighted by atomic mass is 19.1. The molecule has 24 heavy (non-hydrogen) atoms. The van der Waals surface area contributed by atoms with Crippen LogP contribution >= 0.6 is 0 Å². The lowest BCUT2D eigenvalue weighted by Crippen LogP contribution is -2.54. The molecule has 1 fully saturated rings. The van der Waals surface area contributed by atoms with Crippen molar-refractivity contribution in [1.29, 1.82) is 0 Å². The number of amides is 1. The maximum atomic E-state index is 12.8. The largest absolute Gasteiger partial charge is 0.370 e. The summed E-state index contributed by atoms with van der Waals surface area (Å²) in [5, 5.41) is 3.94. The average molecular weight is 332 g/mol. The third-order valence-corrected chi connectivity index (χ3v) is 3.92. The van der Waals surface area contributed by atoms with Crippen molar-refractivity contribution in [3.8, 4) is 0 Å². The Hall–Kier alpha value is -2.21. The molecule has 2 heterocycles. The molecule has 128 valence electrons. The van der Waals surface area contributed by atoms with Gasteiger partial charge in [-0.2, -0.15) is 0 Å².